The van der Waals surface area contributed by atoms with Crippen molar-refractivity contribution < 1.29 is 35.9 Å². The van der Waals surface area contributed by atoms with Crippen LogP contribution in [0.1, 0.15) is 40.5 Å². The van der Waals surface area contributed by atoms with Crippen LogP contribution in [0.4, 0.5) is 13.2 Å². The van der Waals surface area contributed by atoms with E-state index in [0.717, 1.165) is 12.1 Å². The minimum atomic E-state index is -4.54. The van der Waals surface area contributed by atoms with Crippen molar-refractivity contribution in [3.63, 3.8) is 0 Å². The summed E-state index contributed by atoms with van der Waals surface area (Å²) in [5, 5.41) is -1.40. The van der Waals surface area contributed by atoms with Gasteiger partial charge in [0.1, 0.15) is 5.75 Å². The van der Waals surface area contributed by atoms with Crippen LogP contribution in [0.2, 0.25) is 0 Å². The summed E-state index contributed by atoms with van der Waals surface area (Å²) in [5.41, 5.74) is 0.679. The summed E-state index contributed by atoms with van der Waals surface area (Å²) in [7, 11) is -1.48. The van der Waals surface area contributed by atoms with Gasteiger partial charge in [-0.1, -0.05) is 24.3 Å². The van der Waals surface area contributed by atoms with Crippen molar-refractivity contribution in [1.29, 1.82) is 0 Å². The quantitative estimate of drug-likeness (QED) is 0.450. The van der Waals surface area contributed by atoms with Gasteiger partial charge in [-0.15, -0.1) is 0 Å². The lowest BCUT2D eigenvalue weighted by Crippen LogP contribution is -2.32. The van der Waals surface area contributed by atoms with E-state index in [9.17, 15) is 26.4 Å². The van der Waals surface area contributed by atoms with Crippen LogP contribution in [0.25, 0.3) is 0 Å². The number of carbonyl (C=O) groups is 1. The molecule has 0 amide bonds. The number of halogens is 3. The van der Waals surface area contributed by atoms with E-state index in [1.165, 1.54) is 44.7 Å². The van der Waals surface area contributed by atoms with Crippen LogP contribution >= 0.6 is 0 Å². The molecule has 2 aromatic carbocycles. The maximum Gasteiger partial charge on any atom is 0.416 e. The number of nitrogens with zero attached hydrogens (tertiary/aromatic N) is 1. The summed E-state index contributed by atoms with van der Waals surface area (Å²) in [6.07, 6.45) is -3.43. The molecule has 3 atom stereocenters. The fraction of sp³-hybridized carbons (Fsp3) is 0.280. The predicted octanol–water partition coefficient (Wildman–Crippen LogP) is 4.74. The van der Waals surface area contributed by atoms with Gasteiger partial charge in [-0.05, 0) is 53.1 Å². The fourth-order valence-electron chi connectivity index (χ4n) is 4.66. The molecule has 0 radical (unpaired) electrons. The number of rotatable bonds is 6. The number of benzene rings is 2. The highest BCUT2D eigenvalue weighted by Gasteiger charge is 2.50. The molecule has 1 aliphatic rings. The van der Waals surface area contributed by atoms with Crippen molar-refractivity contribution in [2.45, 2.75) is 34.7 Å². The minimum absolute atomic E-state index is 0.184. The molecule has 1 aliphatic carbocycles. The van der Waals surface area contributed by atoms with Gasteiger partial charge in [0, 0.05) is 18.0 Å². The molecule has 0 aliphatic heterocycles. The number of pyridine rings is 1. The molecule has 4 rings (SSSR count). The van der Waals surface area contributed by atoms with Gasteiger partial charge in [0.2, 0.25) is 0 Å². The van der Waals surface area contributed by atoms with Gasteiger partial charge >= 0.3 is 12.1 Å². The van der Waals surface area contributed by atoms with Gasteiger partial charge in [0.15, 0.2) is 14.9 Å². The minimum Gasteiger partial charge on any atom is -0.497 e. The Morgan fingerprint density at radius 2 is 1.71 bits per heavy atom. The molecule has 0 bridgehead atoms. The number of hydrogen-bond acceptors (Lipinski definition) is 6. The topological polar surface area (TPSA) is 82.6 Å². The smallest absolute Gasteiger partial charge is 0.416 e. The number of fused-ring (bicyclic) bond motifs is 1. The summed E-state index contributed by atoms with van der Waals surface area (Å²) in [6, 6.07) is 13.9. The average Bonchev–Trinajstić information content (AvgIpc) is 3.17. The molecule has 0 spiro atoms. The van der Waals surface area contributed by atoms with E-state index < -0.39 is 44.6 Å². The second-order valence-electron chi connectivity index (χ2n) is 8.16. The van der Waals surface area contributed by atoms with Crippen molar-refractivity contribution in [2.75, 3.05) is 14.2 Å². The lowest BCUT2D eigenvalue weighted by Gasteiger charge is -2.25. The molecular weight excluding hydrogens is 483 g/mol. The third-order valence-corrected chi connectivity index (χ3v) is 8.39. The summed E-state index contributed by atoms with van der Waals surface area (Å²) in [6.45, 7) is 0. The van der Waals surface area contributed by atoms with Crippen LogP contribution in [-0.2, 0) is 25.5 Å². The zero-order valence-electron chi connectivity index (χ0n) is 18.8. The van der Waals surface area contributed by atoms with Gasteiger partial charge in [0.05, 0.1) is 31.5 Å². The van der Waals surface area contributed by atoms with E-state index in [4.69, 9.17) is 9.47 Å². The van der Waals surface area contributed by atoms with Crippen LogP contribution in [0, 0.1) is 0 Å². The Balaban J connectivity index is 1.94. The van der Waals surface area contributed by atoms with E-state index >= 15 is 0 Å². The number of alkyl halides is 3. The summed E-state index contributed by atoms with van der Waals surface area (Å²) in [5.74, 6) is -1.84. The standard InChI is InChI=1S/C25H22F3NO5S/c1-33-17-10-11-18-19(13-17)20(14-22(30)34-2)24(35(31,32)21-5-3-4-12-29-21)23(18)15-6-8-16(9-7-15)25(26,27)28/h3-13,20,23-24H,14H2,1-2H3. The van der Waals surface area contributed by atoms with Crippen LogP contribution in [0.3, 0.4) is 0 Å². The number of methoxy groups -OCH3 is 2. The second kappa shape index (κ2) is 9.33. The maximum absolute atomic E-state index is 13.9. The molecule has 184 valence electrons. The van der Waals surface area contributed by atoms with Crippen LogP contribution in [0.5, 0.6) is 5.75 Å². The molecule has 1 heterocycles. The predicted molar refractivity (Wildman–Crippen MR) is 121 cm³/mol. The van der Waals surface area contributed by atoms with Crippen LogP contribution in [0.15, 0.2) is 71.9 Å². The first-order valence-corrected chi connectivity index (χ1v) is 12.2. The SMILES string of the molecule is COC(=O)CC1c2cc(OC)ccc2C(c2ccc(C(F)(F)F)cc2)C1S(=O)(=O)c1ccccn1. The monoisotopic (exact) mass is 505 g/mol. The van der Waals surface area contributed by atoms with E-state index in [-0.39, 0.29) is 11.4 Å². The van der Waals surface area contributed by atoms with Gasteiger partial charge in [-0.2, -0.15) is 13.2 Å². The number of ether oxygens (including phenoxy) is 2. The first-order valence-electron chi connectivity index (χ1n) is 10.6. The zero-order chi connectivity index (χ0) is 25.4. The molecule has 3 unspecified atom stereocenters. The molecule has 0 N–H and O–H groups in total. The number of sulfone groups is 1. The van der Waals surface area contributed by atoms with E-state index in [1.54, 1.807) is 24.3 Å². The average molecular weight is 506 g/mol. The van der Waals surface area contributed by atoms with E-state index in [2.05, 4.69) is 4.98 Å². The van der Waals surface area contributed by atoms with Crippen LogP contribution < -0.4 is 4.74 Å². The molecule has 35 heavy (non-hydrogen) atoms. The lowest BCUT2D eigenvalue weighted by atomic mass is 9.91. The third-order valence-electron chi connectivity index (χ3n) is 6.25. The molecule has 1 aromatic heterocycles. The van der Waals surface area contributed by atoms with Gasteiger partial charge in [-0.25, -0.2) is 13.4 Å². The number of carbonyl (C=O) groups excluding carboxylic acids is 1. The Bertz CT molecular complexity index is 1330. The lowest BCUT2D eigenvalue weighted by molar-refractivity contribution is -0.141. The van der Waals surface area contributed by atoms with Crippen molar-refractivity contribution >= 4 is 15.8 Å². The molecule has 0 saturated carbocycles. The highest BCUT2D eigenvalue weighted by Crippen LogP contribution is 2.52. The van der Waals surface area contributed by atoms with Crippen molar-refractivity contribution in [2.24, 2.45) is 0 Å². The number of aromatic nitrogens is 1. The summed E-state index contributed by atoms with van der Waals surface area (Å²) < 4.78 is 77.5. The Morgan fingerprint density at radius 3 is 2.29 bits per heavy atom. The molecular formula is C25H22F3NO5S. The summed E-state index contributed by atoms with van der Waals surface area (Å²) >= 11 is 0. The normalized spacial score (nSPS) is 19.7. The molecule has 0 saturated heterocycles. The van der Waals surface area contributed by atoms with Crippen LogP contribution in [-0.4, -0.2) is 38.8 Å². The Hall–Kier alpha value is -3.40. The fourth-order valence-corrected chi connectivity index (χ4v) is 6.75. The highest BCUT2D eigenvalue weighted by molar-refractivity contribution is 7.92. The first-order chi connectivity index (χ1) is 16.6. The summed E-state index contributed by atoms with van der Waals surface area (Å²) in [4.78, 5) is 16.4. The highest BCUT2D eigenvalue weighted by atomic mass is 32.2. The Morgan fingerprint density at radius 1 is 1.00 bits per heavy atom. The first kappa shape index (κ1) is 24.7. The van der Waals surface area contributed by atoms with Gasteiger partial charge in [0.25, 0.3) is 0 Å². The molecule has 10 heteroatoms. The molecule has 6 nitrogen and oxygen atoms in total. The van der Waals surface area contributed by atoms with Crippen molar-refractivity contribution in [3.8, 4) is 5.75 Å². The second-order valence-corrected chi connectivity index (χ2v) is 10.2. The Kier molecular flexibility index (Phi) is 6.59. The Labute approximate surface area is 200 Å². The third kappa shape index (κ3) is 4.62. The largest absolute Gasteiger partial charge is 0.497 e. The van der Waals surface area contributed by atoms with Crippen molar-refractivity contribution in [3.05, 3.63) is 89.1 Å². The van der Waals surface area contributed by atoms with Gasteiger partial charge < -0.3 is 9.47 Å². The zero-order valence-corrected chi connectivity index (χ0v) is 19.6. The molecule has 3 aromatic rings. The van der Waals surface area contributed by atoms with E-state index in [1.807, 2.05) is 0 Å². The maximum atomic E-state index is 13.9. The number of hydrogen-bond donors (Lipinski definition) is 0. The molecule has 0 fully saturated rings. The number of esters is 1. The van der Waals surface area contributed by atoms with Gasteiger partial charge in [-0.3, -0.25) is 4.79 Å². The van der Waals surface area contributed by atoms with E-state index in [0.29, 0.717) is 22.4 Å². The van der Waals surface area contributed by atoms with Crippen molar-refractivity contribution in [1.82, 2.24) is 4.98 Å².